The van der Waals surface area contributed by atoms with Crippen molar-refractivity contribution in [3.8, 4) is 0 Å². The van der Waals surface area contributed by atoms with Gasteiger partial charge >= 0.3 is 0 Å². The molecule has 2 N–H and O–H groups in total. The summed E-state index contributed by atoms with van der Waals surface area (Å²) in [5.74, 6) is 0.667. The summed E-state index contributed by atoms with van der Waals surface area (Å²) >= 11 is 0. The summed E-state index contributed by atoms with van der Waals surface area (Å²) in [5, 5.41) is 13.5. The number of hydrogen-bond donors (Lipinski definition) is 2. The fourth-order valence-corrected chi connectivity index (χ4v) is 3.89. The van der Waals surface area contributed by atoms with Gasteiger partial charge in [-0.3, -0.25) is 9.69 Å². The molecule has 3 rings (SSSR count). The lowest BCUT2D eigenvalue weighted by Gasteiger charge is -2.38. The zero-order valence-electron chi connectivity index (χ0n) is 14.7. The summed E-state index contributed by atoms with van der Waals surface area (Å²) in [4.78, 5) is 14.8. The standard InChI is InChI=1S/C20H30N2O2/c1-2-18(23)17-10-6-7-13-22(17)14-19(24)21-20(16-11-12-16)15-8-4-3-5-9-15/h3-5,8-9,16-18,20,23H,2,6-7,10-14H2,1H3,(H,21,24). The number of likely N-dealkylation sites (tertiary alicyclic amines) is 1. The van der Waals surface area contributed by atoms with Crippen LogP contribution >= 0.6 is 0 Å². The molecule has 1 saturated carbocycles. The van der Waals surface area contributed by atoms with Crippen LogP contribution in [0.5, 0.6) is 0 Å². The second-order valence-corrected chi connectivity index (χ2v) is 7.30. The van der Waals surface area contributed by atoms with Crippen molar-refractivity contribution in [3.05, 3.63) is 35.9 Å². The zero-order chi connectivity index (χ0) is 16.9. The number of benzene rings is 1. The van der Waals surface area contributed by atoms with Gasteiger partial charge in [0.1, 0.15) is 0 Å². The lowest BCUT2D eigenvalue weighted by Crippen LogP contribution is -2.50. The van der Waals surface area contributed by atoms with Gasteiger partial charge in [0.15, 0.2) is 0 Å². The molecule has 1 aromatic rings. The largest absolute Gasteiger partial charge is 0.392 e. The fourth-order valence-electron chi connectivity index (χ4n) is 3.89. The Bertz CT molecular complexity index is 530. The van der Waals surface area contributed by atoms with Gasteiger partial charge in [0, 0.05) is 6.04 Å². The summed E-state index contributed by atoms with van der Waals surface area (Å²) in [6.45, 7) is 3.32. The van der Waals surface area contributed by atoms with Crippen molar-refractivity contribution in [2.45, 2.75) is 63.6 Å². The van der Waals surface area contributed by atoms with Crippen LogP contribution in [0.3, 0.4) is 0 Å². The molecule has 1 heterocycles. The molecule has 1 saturated heterocycles. The van der Waals surface area contributed by atoms with E-state index in [0.29, 0.717) is 12.5 Å². The SMILES string of the molecule is CCC(O)C1CCCCN1CC(=O)NC(c1ccccc1)C1CC1. The molecule has 1 aliphatic carbocycles. The van der Waals surface area contributed by atoms with E-state index in [-0.39, 0.29) is 24.1 Å². The highest BCUT2D eigenvalue weighted by Crippen LogP contribution is 2.40. The maximum atomic E-state index is 12.6. The predicted molar refractivity (Wildman–Crippen MR) is 95.6 cm³/mol. The van der Waals surface area contributed by atoms with Crippen LogP contribution in [-0.4, -0.2) is 41.1 Å². The molecule has 2 fully saturated rings. The van der Waals surface area contributed by atoms with Crippen LogP contribution in [0.25, 0.3) is 0 Å². The van der Waals surface area contributed by atoms with Gasteiger partial charge in [-0.2, -0.15) is 0 Å². The molecule has 3 unspecified atom stereocenters. The number of carbonyl (C=O) groups excluding carboxylic acids is 1. The number of amides is 1. The molecule has 2 aliphatic rings. The second kappa shape index (κ2) is 8.13. The van der Waals surface area contributed by atoms with E-state index in [2.05, 4.69) is 22.3 Å². The Morgan fingerprint density at radius 1 is 1.25 bits per heavy atom. The number of hydrogen-bond acceptors (Lipinski definition) is 3. The zero-order valence-corrected chi connectivity index (χ0v) is 14.7. The number of nitrogens with one attached hydrogen (secondary N) is 1. The van der Waals surface area contributed by atoms with E-state index in [0.717, 1.165) is 32.2 Å². The Morgan fingerprint density at radius 2 is 2.00 bits per heavy atom. The minimum Gasteiger partial charge on any atom is -0.392 e. The molecule has 1 aromatic carbocycles. The summed E-state index contributed by atoms with van der Waals surface area (Å²) in [7, 11) is 0. The minimum atomic E-state index is -0.327. The highest BCUT2D eigenvalue weighted by Gasteiger charge is 2.34. The van der Waals surface area contributed by atoms with Crippen molar-refractivity contribution in [2.24, 2.45) is 5.92 Å². The molecule has 24 heavy (non-hydrogen) atoms. The lowest BCUT2D eigenvalue weighted by molar-refractivity contribution is -0.125. The van der Waals surface area contributed by atoms with E-state index >= 15 is 0 Å². The highest BCUT2D eigenvalue weighted by atomic mass is 16.3. The molecule has 1 amide bonds. The first-order valence-corrected chi connectivity index (χ1v) is 9.45. The molecule has 1 aliphatic heterocycles. The van der Waals surface area contributed by atoms with Gasteiger partial charge in [0.2, 0.25) is 5.91 Å². The molecular weight excluding hydrogens is 300 g/mol. The smallest absolute Gasteiger partial charge is 0.234 e. The number of rotatable bonds is 7. The molecule has 0 aromatic heterocycles. The summed E-state index contributed by atoms with van der Waals surface area (Å²) in [5.41, 5.74) is 1.21. The van der Waals surface area contributed by atoms with Gasteiger partial charge < -0.3 is 10.4 Å². The van der Waals surface area contributed by atoms with Gasteiger partial charge in [0.05, 0.1) is 18.7 Å². The van der Waals surface area contributed by atoms with Crippen LogP contribution in [0.4, 0.5) is 0 Å². The summed E-state index contributed by atoms with van der Waals surface area (Å²) in [6, 6.07) is 10.6. The number of aliphatic hydroxyl groups is 1. The van der Waals surface area contributed by atoms with Crippen LogP contribution in [0, 0.1) is 5.92 Å². The number of carbonyl (C=O) groups is 1. The highest BCUT2D eigenvalue weighted by molar-refractivity contribution is 5.78. The first-order chi connectivity index (χ1) is 11.7. The molecular formula is C20H30N2O2. The van der Waals surface area contributed by atoms with E-state index in [1.165, 1.54) is 18.4 Å². The number of nitrogens with zero attached hydrogens (tertiary/aromatic N) is 1. The van der Waals surface area contributed by atoms with Crippen molar-refractivity contribution in [1.82, 2.24) is 10.2 Å². The maximum Gasteiger partial charge on any atom is 0.234 e. The summed E-state index contributed by atoms with van der Waals surface area (Å²) in [6.07, 6.45) is 6.07. The average Bonchev–Trinajstić information content (AvgIpc) is 3.45. The first-order valence-electron chi connectivity index (χ1n) is 9.45. The molecule has 4 heteroatoms. The van der Waals surface area contributed by atoms with E-state index < -0.39 is 0 Å². The van der Waals surface area contributed by atoms with Crippen LogP contribution in [0.2, 0.25) is 0 Å². The third-order valence-corrected chi connectivity index (χ3v) is 5.44. The van der Waals surface area contributed by atoms with E-state index in [1.54, 1.807) is 0 Å². The van der Waals surface area contributed by atoms with Gasteiger partial charge in [-0.25, -0.2) is 0 Å². The Kier molecular flexibility index (Phi) is 5.90. The summed E-state index contributed by atoms with van der Waals surface area (Å²) < 4.78 is 0. The van der Waals surface area contributed by atoms with Crippen molar-refractivity contribution in [3.63, 3.8) is 0 Å². The van der Waals surface area contributed by atoms with Gasteiger partial charge in [-0.05, 0) is 50.1 Å². The van der Waals surface area contributed by atoms with E-state index in [9.17, 15) is 9.90 Å². The third kappa shape index (κ3) is 4.37. The molecule has 3 atom stereocenters. The Morgan fingerprint density at radius 3 is 2.67 bits per heavy atom. The quantitative estimate of drug-likeness (QED) is 0.808. The van der Waals surface area contributed by atoms with Crippen LogP contribution in [0.15, 0.2) is 30.3 Å². The number of piperidine rings is 1. The van der Waals surface area contributed by atoms with E-state index in [1.807, 2.05) is 25.1 Å². The molecule has 4 nitrogen and oxygen atoms in total. The fraction of sp³-hybridized carbons (Fsp3) is 0.650. The van der Waals surface area contributed by atoms with Crippen LogP contribution < -0.4 is 5.32 Å². The van der Waals surface area contributed by atoms with Crippen molar-refractivity contribution in [1.29, 1.82) is 0 Å². The van der Waals surface area contributed by atoms with Gasteiger partial charge in [-0.1, -0.05) is 43.7 Å². The van der Waals surface area contributed by atoms with Gasteiger partial charge in [0.25, 0.3) is 0 Å². The second-order valence-electron chi connectivity index (χ2n) is 7.30. The number of aliphatic hydroxyl groups excluding tert-OH is 1. The van der Waals surface area contributed by atoms with Crippen molar-refractivity contribution >= 4 is 5.91 Å². The van der Waals surface area contributed by atoms with E-state index in [4.69, 9.17) is 0 Å². The van der Waals surface area contributed by atoms with Crippen LogP contribution in [0.1, 0.15) is 57.1 Å². The van der Waals surface area contributed by atoms with Crippen molar-refractivity contribution in [2.75, 3.05) is 13.1 Å². The van der Waals surface area contributed by atoms with Gasteiger partial charge in [-0.15, -0.1) is 0 Å². The van der Waals surface area contributed by atoms with Crippen molar-refractivity contribution < 1.29 is 9.90 Å². The molecule has 0 bridgehead atoms. The lowest BCUT2D eigenvalue weighted by atomic mass is 9.96. The average molecular weight is 330 g/mol. The monoisotopic (exact) mass is 330 g/mol. The molecule has 0 radical (unpaired) electrons. The predicted octanol–water partition coefficient (Wildman–Crippen LogP) is 2.88. The van der Waals surface area contributed by atoms with Crippen LogP contribution in [-0.2, 0) is 4.79 Å². The first kappa shape index (κ1) is 17.4. The Balaban J connectivity index is 1.61. The molecule has 132 valence electrons. The minimum absolute atomic E-state index is 0.0888. The Labute approximate surface area is 145 Å². The molecule has 0 spiro atoms. The maximum absolute atomic E-state index is 12.6. The third-order valence-electron chi connectivity index (χ3n) is 5.44. The Hall–Kier alpha value is -1.39. The topological polar surface area (TPSA) is 52.6 Å². The normalized spacial score (nSPS) is 24.3.